The van der Waals surface area contributed by atoms with E-state index in [2.05, 4.69) is 20.9 Å². The number of rotatable bonds is 6. The summed E-state index contributed by atoms with van der Waals surface area (Å²) in [7, 11) is 1.53. The van der Waals surface area contributed by atoms with Crippen LogP contribution < -0.4 is 15.4 Å². The lowest BCUT2D eigenvalue weighted by atomic mass is 10.2. The number of carbonyl (C=O) groups excluding carboxylic acids is 2. The van der Waals surface area contributed by atoms with Crippen LogP contribution in [0.1, 0.15) is 12.5 Å². The van der Waals surface area contributed by atoms with Gasteiger partial charge in [0.1, 0.15) is 12.3 Å². The second kappa shape index (κ2) is 7.95. The Kier molecular flexibility index (Phi) is 5.72. The largest absolute Gasteiger partial charge is 0.495 e. The van der Waals surface area contributed by atoms with Crippen LogP contribution in [-0.2, 0) is 16.1 Å². The van der Waals surface area contributed by atoms with Crippen molar-refractivity contribution in [1.82, 2.24) is 15.0 Å². The standard InChI is InChI=1S/C15H19N5O4/c1-4-24-15(22)17-13-8-20(19-18-13)9-14(21)16-11-7-10(2)5-6-12(11)23-3/h5-8H,4,9H2,1-3H3,(H,16,21)(H,17,22). The molecule has 2 amide bonds. The fraction of sp³-hybridized carbons (Fsp3) is 0.333. The molecule has 0 fully saturated rings. The van der Waals surface area contributed by atoms with E-state index >= 15 is 0 Å². The van der Waals surface area contributed by atoms with Gasteiger partial charge in [-0.2, -0.15) is 0 Å². The van der Waals surface area contributed by atoms with Gasteiger partial charge in [-0.3, -0.25) is 10.1 Å². The van der Waals surface area contributed by atoms with Gasteiger partial charge in [0, 0.05) is 0 Å². The maximum atomic E-state index is 12.1. The molecule has 0 atom stereocenters. The van der Waals surface area contributed by atoms with Crippen molar-refractivity contribution in [2.45, 2.75) is 20.4 Å². The molecule has 0 unspecified atom stereocenters. The molecule has 9 heteroatoms. The molecule has 2 rings (SSSR count). The molecule has 2 N–H and O–H groups in total. The summed E-state index contributed by atoms with van der Waals surface area (Å²) < 4.78 is 11.2. The first-order valence-corrected chi connectivity index (χ1v) is 7.30. The van der Waals surface area contributed by atoms with Crippen LogP contribution in [0.15, 0.2) is 24.4 Å². The molecule has 1 aromatic carbocycles. The molecule has 1 heterocycles. The normalized spacial score (nSPS) is 10.1. The molecule has 1 aromatic heterocycles. The summed E-state index contributed by atoms with van der Waals surface area (Å²) in [6, 6.07) is 5.48. The second-order valence-corrected chi connectivity index (χ2v) is 4.90. The zero-order valence-corrected chi connectivity index (χ0v) is 13.7. The van der Waals surface area contributed by atoms with E-state index in [9.17, 15) is 9.59 Å². The van der Waals surface area contributed by atoms with Crippen molar-refractivity contribution in [3.8, 4) is 5.75 Å². The van der Waals surface area contributed by atoms with Gasteiger partial charge in [-0.05, 0) is 31.5 Å². The highest BCUT2D eigenvalue weighted by molar-refractivity contribution is 5.92. The van der Waals surface area contributed by atoms with Gasteiger partial charge in [0.25, 0.3) is 0 Å². The Morgan fingerprint density at radius 3 is 2.79 bits per heavy atom. The number of hydrogen-bond donors (Lipinski definition) is 2. The van der Waals surface area contributed by atoms with E-state index in [1.165, 1.54) is 18.0 Å². The predicted molar refractivity (Wildman–Crippen MR) is 87.0 cm³/mol. The quantitative estimate of drug-likeness (QED) is 0.834. The summed E-state index contributed by atoms with van der Waals surface area (Å²) >= 11 is 0. The van der Waals surface area contributed by atoms with Crippen molar-refractivity contribution in [1.29, 1.82) is 0 Å². The van der Waals surface area contributed by atoms with E-state index in [0.29, 0.717) is 11.4 Å². The Morgan fingerprint density at radius 1 is 1.29 bits per heavy atom. The van der Waals surface area contributed by atoms with Crippen LogP contribution in [0.2, 0.25) is 0 Å². The van der Waals surface area contributed by atoms with Crippen LogP contribution in [0.3, 0.4) is 0 Å². The van der Waals surface area contributed by atoms with Gasteiger partial charge < -0.3 is 14.8 Å². The summed E-state index contributed by atoms with van der Waals surface area (Å²) in [5.41, 5.74) is 1.57. The summed E-state index contributed by atoms with van der Waals surface area (Å²) in [5, 5.41) is 12.7. The Balaban J connectivity index is 1.97. The molecule has 0 radical (unpaired) electrons. The van der Waals surface area contributed by atoms with Gasteiger partial charge in [0.2, 0.25) is 5.91 Å². The fourth-order valence-corrected chi connectivity index (χ4v) is 1.96. The molecule has 0 saturated heterocycles. The van der Waals surface area contributed by atoms with Crippen molar-refractivity contribution >= 4 is 23.5 Å². The summed E-state index contributed by atoms with van der Waals surface area (Å²) in [6.07, 6.45) is 0.808. The number of anilines is 2. The highest BCUT2D eigenvalue weighted by Gasteiger charge is 2.11. The number of carbonyl (C=O) groups is 2. The van der Waals surface area contributed by atoms with Gasteiger partial charge in [0.15, 0.2) is 5.82 Å². The van der Waals surface area contributed by atoms with E-state index in [-0.39, 0.29) is 24.9 Å². The average Bonchev–Trinajstić information content (AvgIpc) is 2.94. The van der Waals surface area contributed by atoms with Gasteiger partial charge in [-0.25, -0.2) is 9.48 Å². The molecule has 0 aliphatic carbocycles. The highest BCUT2D eigenvalue weighted by Crippen LogP contribution is 2.25. The SMILES string of the molecule is CCOC(=O)Nc1cn(CC(=O)Nc2cc(C)ccc2OC)nn1. The molecule has 0 bridgehead atoms. The number of aromatic nitrogens is 3. The van der Waals surface area contributed by atoms with Crippen molar-refractivity contribution in [2.24, 2.45) is 0 Å². The molecule has 2 aromatic rings. The second-order valence-electron chi connectivity index (χ2n) is 4.90. The van der Waals surface area contributed by atoms with Crippen LogP contribution in [-0.4, -0.2) is 40.7 Å². The van der Waals surface area contributed by atoms with Crippen molar-refractivity contribution < 1.29 is 19.1 Å². The Bertz CT molecular complexity index is 728. The van der Waals surface area contributed by atoms with E-state index < -0.39 is 6.09 Å². The Hall–Kier alpha value is -3.10. The average molecular weight is 333 g/mol. The lowest BCUT2D eigenvalue weighted by Crippen LogP contribution is -2.19. The fourth-order valence-electron chi connectivity index (χ4n) is 1.96. The molecule has 0 aliphatic rings. The molecular formula is C15H19N5O4. The third-order valence-corrected chi connectivity index (χ3v) is 2.98. The summed E-state index contributed by atoms with van der Waals surface area (Å²) in [5.74, 6) is 0.470. The molecule has 0 spiro atoms. The van der Waals surface area contributed by atoms with E-state index in [4.69, 9.17) is 9.47 Å². The topological polar surface area (TPSA) is 107 Å². The van der Waals surface area contributed by atoms with Crippen molar-refractivity contribution in [2.75, 3.05) is 24.4 Å². The van der Waals surface area contributed by atoms with E-state index in [0.717, 1.165) is 5.56 Å². The molecule has 24 heavy (non-hydrogen) atoms. The molecule has 128 valence electrons. The van der Waals surface area contributed by atoms with Crippen LogP contribution >= 0.6 is 0 Å². The molecular weight excluding hydrogens is 314 g/mol. The third-order valence-electron chi connectivity index (χ3n) is 2.98. The van der Waals surface area contributed by atoms with E-state index in [1.807, 2.05) is 19.1 Å². The number of nitrogens with zero attached hydrogens (tertiary/aromatic N) is 3. The smallest absolute Gasteiger partial charge is 0.412 e. The zero-order chi connectivity index (χ0) is 17.5. The first-order chi connectivity index (χ1) is 11.5. The number of benzene rings is 1. The minimum Gasteiger partial charge on any atom is -0.495 e. The van der Waals surface area contributed by atoms with Gasteiger partial charge >= 0.3 is 6.09 Å². The lowest BCUT2D eigenvalue weighted by Gasteiger charge is -2.10. The maximum Gasteiger partial charge on any atom is 0.412 e. The number of ether oxygens (including phenoxy) is 2. The van der Waals surface area contributed by atoms with Crippen LogP contribution in [0, 0.1) is 6.92 Å². The van der Waals surface area contributed by atoms with Crippen molar-refractivity contribution in [3.63, 3.8) is 0 Å². The third kappa shape index (κ3) is 4.70. The minimum atomic E-state index is -0.626. The van der Waals surface area contributed by atoms with Crippen LogP contribution in [0.25, 0.3) is 0 Å². The number of hydrogen-bond acceptors (Lipinski definition) is 6. The molecule has 9 nitrogen and oxygen atoms in total. The van der Waals surface area contributed by atoms with E-state index in [1.54, 1.807) is 13.0 Å². The first kappa shape index (κ1) is 17.3. The Labute approximate surface area is 138 Å². The summed E-state index contributed by atoms with van der Waals surface area (Å²) in [4.78, 5) is 23.4. The number of nitrogens with one attached hydrogen (secondary N) is 2. The van der Waals surface area contributed by atoms with Crippen LogP contribution in [0.5, 0.6) is 5.75 Å². The highest BCUT2D eigenvalue weighted by atomic mass is 16.5. The minimum absolute atomic E-state index is 0.0609. The van der Waals surface area contributed by atoms with Gasteiger partial charge in [-0.1, -0.05) is 11.3 Å². The van der Waals surface area contributed by atoms with Gasteiger partial charge in [-0.15, -0.1) is 5.10 Å². The Morgan fingerprint density at radius 2 is 2.08 bits per heavy atom. The number of amides is 2. The lowest BCUT2D eigenvalue weighted by molar-refractivity contribution is -0.116. The molecule has 0 saturated carbocycles. The zero-order valence-electron chi connectivity index (χ0n) is 13.7. The summed E-state index contributed by atoms with van der Waals surface area (Å²) in [6.45, 7) is 3.80. The predicted octanol–water partition coefficient (Wildman–Crippen LogP) is 1.80. The first-order valence-electron chi connectivity index (χ1n) is 7.30. The maximum absolute atomic E-state index is 12.1. The number of methoxy groups -OCH3 is 1. The van der Waals surface area contributed by atoms with Crippen molar-refractivity contribution in [3.05, 3.63) is 30.0 Å². The monoisotopic (exact) mass is 333 g/mol. The molecule has 0 aliphatic heterocycles. The van der Waals surface area contributed by atoms with Gasteiger partial charge in [0.05, 0.1) is 25.6 Å². The van der Waals surface area contributed by atoms with Crippen LogP contribution in [0.4, 0.5) is 16.3 Å². The number of aryl methyl sites for hydroxylation is 1.